The standard InChI is InChI=1S/C22H27N5O2S/c1-16(2)12-26-15-24-25-21(26)18-13-27(14-22(18)9-5-10-22)30(28,29)19-8-3-6-17-7-4-11-23-20(17)19/h3-4,6-8,11,15-16,18H,5,9-10,12-14H2,1-2H3. The van der Waals surface area contributed by atoms with Crippen LogP contribution in [0.3, 0.4) is 0 Å². The van der Waals surface area contributed by atoms with E-state index in [2.05, 4.69) is 33.6 Å². The first-order chi connectivity index (χ1) is 14.4. The van der Waals surface area contributed by atoms with Crippen LogP contribution in [0, 0.1) is 11.3 Å². The lowest BCUT2D eigenvalue weighted by molar-refractivity contribution is 0.125. The molecule has 0 N–H and O–H groups in total. The second-order valence-corrected chi connectivity index (χ2v) is 11.0. The topological polar surface area (TPSA) is 81.0 Å². The lowest BCUT2D eigenvalue weighted by Gasteiger charge is -2.42. The van der Waals surface area contributed by atoms with Gasteiger partial charge in [-0.2, -0.15) is 4.31 Å². The molecule has 2 aliphatic rings. The van der Waals surface area contributed by atoms with Crippen molar-refractivity contribution in [3.8, 4) is 0 Å². The van der Waals surface area contributed by atoms with Crippen molar-refractivity contribution in [1.82, 2.24) is 24.1 Å². The van der Waals surface area contributed by atoms with E-state index < -0.39 is 10.0 Å². The second-order valence-electron chi connectivity index (χ2n) is 9.13. The summed E-state index contributed by atoms with van der Waals surface area (Å²) in [7, 11) is -3.66. The number of nitrogens with zero attached hydrogens (tertiary/aromatic N) is 5. The summed E-state index contributed by atoms with van der Waals surface area (Å²) >= 11 is 0. The quantitative estimate of drug-likeness (QED) is 0.625. The largest absolute Gasteiger partial charge is 0.317 e. The summed E-state index contributed by atoms with van der Waals surface area (Å²) in [5.74, 6) is 1.47. The molecular formula is C22H27N5O2S. The van der Waals surface area contributed by atoms with Crippen molar-refractivity contribution in [2.45, 2.75) is 50.5 Å². The molecule has 0 bridgehead atoms. The first-order valence-corrected chi connectivity index (χ1v) is 12.1. The molecule has 5 rings (SSSR count). The van der Waals surface area contributed by atoms with Crippen molar-refractivity contribution in [3.05, 3.63) is 48.7 Å². The lowest BCUT2D eigenvalue weighted by atomic mass is 9.62. The normalized spacial score (nSPS) is 21.5. The number of pyridine rings is 1. The number of rotatable bonds is 5. The van der Waals surface area contributed by atoms with Gasteiger partial charge in [0.2, 0.25) is 10.0 Å². The molecule has 1 spiro atoms. The highest BCUT2D eigenvalue weighted by atomic mass is 32.2. The van der Waals surface area contributed by atoms with Gasteiger partial charge in [0.05, 0.1) is 5.52 Å². The molecule has 7 nitrogen and oxygen atoms in total. The van der Waals surface area contributed by atoms with Crippen LogP contribution in [0.5, 0.6) is 0 Å². The van der Waals surface area contributed by atoms with Crippen molar-refractivity contribution < 1.29 is 8.42 Å². The molecule has 2 aromatic heterocycles. The Bertz CT molecular complexity index is 1180. The average Bonchev–Trinajstić information content (AvgIpc) is 3.31. The third-order valence-corrected chi connectivity index (χ3v) is 8.54. The van der Waals surface area contributed by atoms with Crippen LogP contribution in [0.4, 0.5) is 0 Å². The Morgan fingerprint density at radius 3 is 2.73 bits per heavy atom. The third kappa shape index (κ3) is 3.04. The molecule has 1 aliphatic heterocycles. The van der Waals surface area contributed by atoms with Gasteiger partial charge in [0.25, 0.3) is 0 Å². The van der Waals surface area contributed by atoms with Crippen LogP contribution in [-0.4, -0.2) is 45.6 Å². The molecule has 8 heteroatoms. The van der Waals surface area contributed by atoms with Crippen LogP contribution in [0.2, 0.25) is 0 Å². The van der Waals surface area contributed by atoms with Crippen molar-refractivity contribution in [2.75, 3.05) is 13.1 Å². The summed E-state index contributed by atoms with van der Waals surface area (Å²) in [5.41, 5.74) is 0.501. The van der Waals surface area contributed by atoms with Crippen molar-refractivity contribution in [1.29, 1.82) is 0 Å². The van der Waals surface area contributed by atoms with Crippen LogP contribution in [0.15, 0.2) is 47.8 Å². The Balaban J connectivity index is 1.53. The molecule has 1 atom stereocenters. The number of hydrogen-bond acceptors (Lipinski definition) is 5. The minimum absolute atomic E-state index is 0.0349. The molecule has 3 aromatic rings. The fourth-order valence-corrected chi connectivity index (χ4v) is 6.81. The maximum absolute atomic E-state index is 13.7. The average molecular weight is 426 g/mol. The summed E-state index contributed by atoms with van der Waals surface area (Å²) in [5, 5.41) is 9.45. The maximum Gasteiger partial charge on any atom is 0.245 e. The van der Waals surface area contributed by atoms with Crippen LogP contribution < -0.4 is 0 Å². The van der Waals surface area contributed by atoms with Gasteiger partial charge in [-0.05, 0) is 36.3 Å². The number of hydrogen-bond donors (Lipinski definition) is 0. The van der Waals surface area contributed by atoms with E-state index >= 15 is 0 Å². The second kappa shape index (κ2) is 7.13. The van der Waals surface area contributed by atoms with Crippen LogP contribution in [0.25, 0.3) is 10.9 Å². The van der Waals surface area contributed by atoms with E-state index in [1.807, 2.05) is 18.2 Å². The van der Waals surface area contributed by atoms with Crippen molar-refractivity contribution >= 4 is 20.9 Å². The molecule has 30 heavy (non-hydrogen) atoms. The minimum Gasteiger partial charge on any atom is -0.317 e. The molecule has 2 fully saturated rings. The van der Waals surface area contributed by atoms with Gasteiger partial charge in [0, 0.05) is 37.1 Å². The van der Waals surface area contributed by atoms with Gasteiger partial charge >= 0.3 is 0 Å². The predicted molar refractivity (Wildman–Crippen MR) is 114 cm³/mol. The maximum atomic E-state index is 13.7. The van der Waals surface area contributed by atoms with E-state index in [0.29, 0.717) is 29.4 Å². The first kappa shape index (κ1) is 19.6. The predicted octanol–water partition coefficient (Wildman–Crippen LogP) is 3.44. The molecule has 1 saturated heterocycles. The Kier molecular flexibility index (Phi) is 4.67. The molecule has 0 radical (unpaired) electrons. The van der Waals surface area contributed by atoms with Gasteiger partial charge in [0.1, 0.15) is 17.0 Å². The van der Waals surface area contributed by atoms with E-state index in [-0.39, 0.29) is 11.3 Å². The number of aromatic nitrogens is 4. The van der Waals surface area contributed by atoms with Crippen molar-refractivity contribution in [2.24, 2.45) is 11.3 Å². The van der Waals surface area contributed by atoms with Crippen LogP contribution >= 0.6 is 0 Å². The Hall–Kier alpha value is -2.32. The highest BCUT2D eigenvalue weighted by molar-refractivity contribution is 7.89. The molecule has 158 valence electrons. The number of fused-ring (bicyclic) bond motifs is 1. The smallest absolute Gasteiger partial charge is 0.245 e. The summed E-state index contributed by atoms with van der Waals surface area (Å²) < 4.78 is 31.2. The highest BCUT2D eigenvalue weighted by Crippen LogP contribution is 2.56. The van der Waals surface area contributed by atoms with E-state index in [4.69, 9.17) is 0 Å². The van der Waals surface area contributed by atoms with E-state index in [1.54, 1.807) is 29.0 Å². The van der Waals surface area contributed by atoms with Gasteiger partial charge in [-0.3, -0.25) is 4.98 Å². The highest BCUT2D eigenvalue weighted by Gasteiger charge is 2.55. The lowest BCUT2D eigenvalue weighted by Crippen LogP contribution is -2.38. The molecule has 1 aliphatic carbocycles. The van der Waals surface area contributed by atoms with Gasteiger partial charge in [-0.25, -0.2) is 8.42 Å². The van der Waals surface area contributed by atoms with Gasteiger partial charge in [-0.15, -0.1) is 10.2 Å². The fourth-order valence-electron chi connectivity index (χ4n) is 5.09. The van der Waals surface area contributed by atoms with Gasteiger partial charge in [0.15, 0.2) is 0 Å². The number of sulfonamides is 1. The fraction of sp³-hybridized carbons (Fsp3) is 0.500. The molecule has 1 aromatic carbocycles. The van der Waals surface area contributed by atoms with Crippen molar-refractivity contribution in [3.63, 3.8) is 0 Å². The summed E-state index contributed by atoms with van der Waals surface area (Å²) in [6.07, 6.45) is 6.64. The number of benzene rings is 1. The Morgan fingerprint density at radius 2 is 2.00 bits per heavy atom. The van der Waals surface area contributed by atoms with Crippen LogP contribution in [-0.2, 0) is 16.6 Å². The zero-order chi connectivity index (χ0) is 20.9. The van der Waals surface area contributed by atoms with E-state index in [0.717, 1.165) is 37.0 Å². The Morgan fingerprint density at radius 1 is 1.20 bits per heavy atom. The molecule has 1 saturated carbocycles. The third-order valence-electron chi connectivity index (χ3n) is 6.70. The number of para-hydroxylation sites is 1. The SMILES string of the molecule is CC(C)Cn1cnnc1C1CN(S(=O)(=O)c2cccc3cccnc23)CC12CCC2. The molecule has 1 unspecified atom stereocenters. The summed E-state index contributed by atoms with van der Waals surface area (Å²) in [6, 6.07) is 9.09. The zero-order valence-electron chi connectivity index (χ0n) is 17.4. The summed E-state index contributed by atoms with van der Waals surface area (Å²) in [4.78, 5) is 4.66. The minimum atomic E-state index is -3.66. The van der Waals surface area contributed by atoms with E-state index in [1.165, 1.54) is 0 Å². The summed E-state index contributed by atoms with van der Waals surface area (Å²) in [6.45, 7) is 6.17. The monoisotopic (exact) mass is 425 g/mol. The van der Waals surface area contributed by atoms with Gasteiger partial charge in [-0.1, -0.05) is 38.5 Å². The zero-order valence-corrected chi connectivity index (χ0v) is 18.2. The van der Waals surface area contributed by atoms with E-state index in [9.17, 15) is 8.42 Å². The van der Waals surface area contributed by atoms with Gasteiger partial charge < -0.3 is 4.57 Å². The Labute approximate surface area is 177 Å². The molecular weight excluding hydrogens is 398 g/mol. The van der Waals surface area contributed by atoms with Crippen LogP contribution in [0.1, 0.15) is 44.9 Å². The first-order valence-electron chi connectivity index (χ1n) is 10.6. The molecule has 3 heterocycles. The molecule has 0 amide bonds.